The van der Waals surface area contributed by atoms with E-state index in [0.29, 0.717) is 53.1 Å². The molecule has 1 aliphatic heterocycles. The first-order valence-electron chi connectivity index (χ1n) is 16.1. The molecule has 0 spiro atoms. The normalized spacial score (nSPS) is 19.3. The number of methoxy groups -OCH3 is 1. The first-order chi connectivity index (χ1) is 22.7. The molecular formula is C37H38N4O5S. The van der Waals surface area contributed by atoms with Gasteiger partial charge in [-0.15, -0.1) is 11.3 Å². The molecular weight excluding hydrogens is 612 g/mol. The second-order valence-electron chi connectivity index (χ2n) is 12.9. The number of aryl methyl sites for hydroxylation is 2. The lowest BCUT2D eigenvalue weighted by Gasteiger charge is -2.23. The van der Waals surface area contributed by atoms with Crippen molar-refractivity contribution in [2.75, 3.05) is 19.0 Å². The van der Waals surface area contributed by atoms with Gasteiger partial charge in [0, 0.05) is 51.8 Å². The second kappa shape index (κ2) is 12.6. The quantitative estimate of drug-likeness (QED) is 0.196. The number of hydrogen-bond acceptors (Lipinski definition) is 8. The SMILES string of the molecule is COC(=O)c1nc(C(=O)N[C@@H]2C[C@@H]3CC[C@H]2C3)ccc1-c1cc2c(cc1C(=O)Nc1c(C)cc(CN)cc1C)-c1sccc1CCO2. The Morgan fingerprint density at radius 3 is 2.51 bits per heavy atom. The standard InChI is InChI=1S/C37H38N4O5S/c1-19-12-22(18-38)13-20(2)32(19)41-35(42)27-16-28-31(46-10-8-23-9-11-47-34(23)28)17-26(27)25-6-7-29(39-33(25)37(44)45-3)36(43)40-30-15-21-4-5-24(30)14-21/h6-7,9,11-13,16-17,21,24,30H,4-5,8,10,14-15,18,38H2,1-3H3,(H,40,43)(H,41,42)/t21-,24+,30-/m1/s1. The van der Waals surface area contributed by atoms with Crippen molar-refractivity contribution >= 4 is 34.8 Å². The summed E-state index contributed by atoms with van der Waals surface area (Å²) in [6.45, 7) is 4.74. The Labute approximate surface area is 277 Å². The number of rotatable bonds is 7. The van der Waals surface area contributed by atoms with Crippen LogP contribution in [0.15, 0.2) is 47.8 Å². The van der Waals surface area contributed by atoms with Gasteiger partial charge in [0.2, 0.25) is 0 Å². The summed E-state index contributed by atoms with van der Waals surface area (Å²) >= 11 is 1.60. The van der Waals surface area contributed by atoms with Gasteiger partial charge in [0.1, 0.15) is 11.4 Å². The maximum absolute atomic E-state index is 14.3. The van der Waals surface area contributed by atoms with Gasteiger partial charge < -0.3 is 25.8 Å². The van der Waals surface area contributed by atoms with Crippen LogP contribution in [-0.2, 0) is 17.7 Å². The lowest BCUT2D eigenvalue weighted by atomic mass is 9.93. The predicted molar refractivity (Wildman–Crippen MR) is 182 cm³/mol. The number of anilines is 1. The summed E-state index contributed by atoms with van der Waals surface area (Å²) in [5, 5.41) is 8.32. The Kier molecular flexibility index (Phi) is 8.32. The number of nitrogens with one attached hydrogen (secondary N) is 2. The molecule has 0 radical (unpaired) electrons. The van der Waals surface area contributed by atoms with Crippen LogP contribution in [0.1, 0.15) is 79.3 Å². The van der Waals surface area contributed by atoms with E-state index in [0.717, 1.165) is 58.4 Å². The van der Waals surface area contributed by atoms with E-state index >= 15 is 0 Å². The molecule has 4 aromatic rings. The number of thiophene rings is 1. The number of esters is 1. The van der Waals surface area contributed by atoms with Crippen LogP contribution in [0.3, 0.4) is 0 Å². The average Bonchev–Trinajstić information content (AvgIpc) is 3.81. The lowest BCUT2D eigenvalue weighted by Crippen LogP contribution is -2.39. The zero-order chi connectivity index (χ0) is 32.8. The molecule has 3 heterocycles. The van der Waals surface area contributed by atoms with Crippen molar-refractivity contribution in [3.8, 4) is 27.3 Å². The first kappa shape index (κ1) is 31.1. The fraction of sp³-hybridized carbons (Fsp3) is 0.351. The van der Waals surface area contributed by atoms with Crippen LogP contribution >= 0.6 is 11.3 Å². The van der Waals surface area contributed by atoms with Gasteiger partial charge in [-0.25, -0.2) is 9.78 Å². The second-order valence-corrected chi connectivity index (χ2v) is 13.8. The van der Waals surface area contributed by atoms with Gasteiger partial charge in [-0.1, -0.05) is 18.6 Å². The summed E-state index contributed by atoms with van der Waals surface area (Å²) in [6, 6.07) is 13.0. The predicted octanol–water partition coefficient (Wildman–Crippen LogP) is 6.44. The van der Waals surface area contributed by atoms with Crippen LogP contribution in [-0.4, -0.2) is 42.5 Å². The van der Waals surface area contributed by atoms with E-state index in [1.54, 1.807) is 29.5 Å². The molecule has 242 valence electrons. The molecule has 2 amide bonds. The molecule has 2 aromatic carbocycles. The Morgan fingerprint density at radius 1 is 1.00 bits per heavy atom. The number of nitrogens with two attached hydrogens (primary N) is 1. The smallest absolute Gasteiger partial charge is 0.357 e. The minimum atomic E-state index is -0.707. The Morgan fingerprint density at radius 2 is 1.81 bits per heavy atom. The van der Waals surface area contributed by atoms with Crippen LogP contribution in [0, 0.1) is 25.7 Å². The zero-order valence-electron chi connectivity index (χ0n) is 26.8. The van der Waals surface area contributed by atoms with Crippen LogP contribution in [0.4, 0.5) is 5.69 Å². The van der Waals surface area contributed by atoms with Crippen LogP contribution in [0.2, 0.25) is 0 Å². The Balaban J connectivity index is 1.33. The number of carbonyl (C=O) groups excluding carboxylic acids is 3. The lowest BCUT2D eigenvalue weighted by molar-refractivity contribution is 0.0594. The fourth-order valence-corrected chi connectivity index (χ4v) is 8.57. The number of benzene rings is 2. The van der Waals surface area contributed by atoms with Gasteiger partial charge in [-0.2, -0.15) is 0 Å². The van der Waals surface area contributed by atoms with E-state index < -0.39 is 5.97 Å². The van der Waals surface area contributed by atoms with E-state index in [9.17, 15) is 14.4 Å². The summed E-state index contributed by atoms with van der Waals surface area (Å²) in [4.78, 5) is 46.5. The van der Waals surface area contributed by atoms with Crippen molar-refractivity contribution < 1.29 is 23.9 Å². The number of carbonyl (C=O) groups is 3. The number of amides is 2. The fourth-order valence-electron chi connectivity index (χ4n) is 7.60. The average molecular weight is 651 g/mol. The highest BCUT2D eigenvalue weighted by molar-refractivity contribution is 7.13. The van der Waals surface area contributed by atoms with Crippen LogP contribution in [0.25, 0.3) is 21.6 Å². The van der Waals surface area contributed by atoms with Gasteiger partial charge >= 0.3 is 5.97 Å². The van der Waals surface area contributed by atoms with Gasteiger partial charge in [0.15, 0.2) is 5.69 Å². The van der Waals surface area contributed by atoms with E-state index in [-0.39, 0.29) is 29.2 Å². The highest BCUT2D eigenvalue weighted by Crippen LogP contribution is 2.45. The molecule has 9 nitrogen and oxygen atoms in total. The van der Waals surface area contributed by atoms with Crippen molar-refractivity contribution in [3.05, 3.63) is 87.0 Å². The summed E-state index contributed by atoms with van der Waals surface area (Å²) < 4.78 is 11.4. The topological polar surface area (TPSA) is 133 Å². The van der Waals surface area contributed by atoms with Crippen LogP contribution in [0.5, 0.6) is 5.75 Å². The number of aromatic nitrogens is 1. The van der Waals surface area contributed by atoms with Gasteiger partial charge in [-0.3, -0.25) is 9.59 Å². The summed E-state index contributed by atoms with van der Waals surface area (Å²) in [5.74, 6) is 0.382. The number of hydrogen-bond donors (Lipinski definition) is 3. The molecule has 2 aromatic heterocycles. The number of ether oxygens (including phenoxy) is 2. The van der Waals surface area contributed by atoms with Crippen molar-refractivity contribution in [2.24, 2.45) is 17.6 Å². The van der Waals surface area contributed by atoms with Crippen molar-refractivity contribution in [3.63, 3.8) is 0 Å². The highest BCUT2D eigenvalue weighted by atomic mass is 32.1. The minimum Gasteiger partial charge on any atom is -0.493 e. The maximum Gasteiger partial charge on any atom is 0.357 e. The third-order valence-electron chi connectivity index (χ3n) is 9.90. The number of fused-ring (bicyclic) bond motifs is 5. The third kappa shape index (κ3) is 5.80. The van der Waals surface area contributed by atoms with Crippen molar-refractivity contribution in [1.29, 1.82) is 0 Å². The monoisotopic (exact) mass is 650 g/mol. The summed E-state index contributed by atoms with van der Waals surface area (Å²) in [5.41, 5.74) is 12.5. The molecule has 0 saturated heterocycles. The zero-order valence-corrected chi connectivity index (χ0v) is 27.6. The highest BCUT2D eigenvalue weighted by Gasteiger charge is 2.40. The van der Waals surface area contributed by atoms with Gasteiger partial charge in [-0.05, 0) is 103 Å². The van der Waals surface area contributed by atoms with Crippen molar-refractivity contribution in [2.45, 2.75) is 58.5 Å². The van der Waals surface area contributed by atoms with Crippen molar-refractivity contribution in [1.82, 2.24) is 10.3 Å². The summed E-state index contributed by atoms with van der Waals surface area (Å²) in [7, 11) is 1.28. The van der Waals surface area contributed by atoms with E-state index in [1.165, 1.54) is 13.5 Å². The largest absolute Gasteiger partial charge is 0.493 e. The van der Waals surface area contributed by atoms with E-state index in [1.807, 2.05) is 37.4 Å². The molecule has 0 unspecified atom stereocenters. The third-order valence-corrected chi connectivity index (χ3v) is 10.9. The summed E-state index contributed by atoms with van der Waals surface area (Å²) in [6.07, 6.45) is 5.22. The number of pyridine rings is 1. The van der Waals surface area contributed by atoms with E-state index in [2.05, 4.69) is 21.7 Å². The molecule has 2 bridgehead atoms. The molecule has 3 atom stereocenters. The molecule has 2 saturated carbocycles. The van der Waals surface area contributed by atoms with Gasteiger partial charge in [0.25, 0.3) is 11.8 Å². The van der Waals surface area contributed by atoms with Gasteiger partial charge in [0.05, 0.1) is 13.7 Å². The molecule has 10 heteroatoms. The first-order valence-corrected chi connectivity index (χ1v) is 17.0. The minimum absolute atomic E-state index is 0.0489. The maximum atomic E-state index is 14.3. The number of nitrogens with zero attached hydrogens (tertiary/aromatic N) is 1. The Hall–Kier alpha value is -4.54. The molecule has 4 N–H and O–H groups in total. The molecule has 47 heavy (non-hydrogen) atoms. The molecule has 2 aliphatic carbocycles. The molecule has 2 fully saturated rings. The Bertz CT molecular complexity index is 1890. The molecule has 7 rings (SSSR count). The van der Waals surface area contributed by atoms with E-state index in [4.69, 9.17) is 15.2 Å². The molecule has 3 aliphatic rings. The van der Waals surface area contributed by atoms with Crippen LogP contribution < -0.4 is 21.1 Å².